The predicted molar refractivity (Wildman–Crippen MR) is 31.2 cm³/mol. The highest BCUT2D eigenvalue weighted by Crippen LogP contribution is 2.16. The molecule has 1 heterocycles. The Hall–Kier alpha value is -0.610. The maximum atomic E-state index is 4.90. The van der Waals surface area contributed by atoms with Crippen LogP contribution in [0.1, 0.15) is 0 Å². The van der Waals surface area contributed by atoms with Crippen LogP contribution in [-0.4, -0.2) is 33.1 Å². The van der Waals surface area contributed by atoms with Crippen LogP contribution >= 0.6 is 0 Å². The van der Waals surface area contributed by atoms with E-state index in [-0.39, 0.29) is 0 Å². The van der Waals surface area contributed by atoms with E-state index in [0.29, 0.717) is 6.61 Å². The van der Waals surface area contributed by atoms with E-state index in [1.807, 2.05) is 0 Å². The number of aliphatic imine (C=N–C) groups is 1. The molecular weight excluding hydrogens is 122 g/mol. The Bertz CT molecular complexity index is 119. The zero-order chi connectivity index (χ0) is 6.74. The van der Waals surface area contributed by atoms with Crippen molar-refractivity contribution in [1.29, 1.82) is 0 Å². The second-order valence-corrected chi connectivity index (χ2v) is 1.67. The molecule has 0 saturated carbocycles. The van der Waals surface area contributed by atoms with E-state index in [4.69, 9.17) is 14.2 Å². The lowest BCUT2D eigenvalue weighted by Crippen LogP contribution is -2.32. The molecule has 4 nitrogen and oxygen atoms in total. The third-order valence-electron chi connectivity index (χ3n) is 1.23. The Labute approximate surface area is 53.4 Å². The third kappa shape index (κ3) is 1.04. The smallest absolute Gasteiger partial charge is 0.307 e. The van der Waals surface area contributed by atoms with Crippen molar-refractivity contribution in [3.8, 4) is 0 Å². The van der Waals surface area contributed by atoms with E-state index in [2.05, 4.69) is 4.99 Å². The molecule has 52 valence electrons. The second kappa shape index (κ2) is 2.33. The summed E-state index contributed by atoms with van der Waals surface area (Å²) < 4.78 is 14.6. The molecule has 0 unspecified atom stereocenters. The van der Waals surface area contributed by atoms with Crippen molar-refractivity contribution < 1.29 is 14.2 Å². The van der Waals surface area contributed by atoms with Crippen molar-refractivity contribution in [2.24, 2.45) is 4.99 Å². The van der Waals surface area contributed by atoms with Gasteiger partial charge in [0.05, 0.1) is 0 Å². The molecule has 0 amide bonds. The highest BCUT2D eigenvalue weighted by Gasteiger charge is 2.32. The first kappa shape index (κ1) is 6.51. The Morgan fingerprint density at radius 2 is 2.22 bits per heavy atom. The molecule has 0 aromatic heterocycles. The minimum Gasteiger partial charge on any atom is -0.475 e. The average Bonchev–Trinajstić information content (AvgIpc) is 2.36. The van der Waals surface area contributed by atoms with Crippen LogP contribution < -0.4 is 0 Å². The van der Waals surface area contributed by atoms with Gasteiger partial charge in [-0.05, 0) is 0 Å². The first-order valence-electron chi connectivity index (χ1n) is 2.58. The molecule has 0 spiro atoms. The molecule has 4 heteroatoms. The molecular formula is C5H9NO3. The van der Waals surface area contributed by atoms with Crippen molar-refractivity contribution >= 4 is 6.40 Å². The van der Waals surface area contributed by atoms with Crippen LogP contribution in [0.25, 0.3) is 0 Å². The van der Waals surface area contributed by atoms with E-state index in [0.717, 1.165) is 0 Å². The van der Waals surface area contributed by atoms with Crippen LogP contribution in [0.15, 0.2) is 4.99 Å². The minimum atomic E-state index is -0.875. The fourth-order valence-electron chi connectivity index (χ4n) is 0.604. The van der Waals surface area contributed by atoms with Gasteiger partial charge in [-0.25, -0.2) is 0 Å². The summed E-state index contributed by atoms with van der Waals surface area (Å²) in [4.78, 5) is 3.81. The topological polar surface area (TPSA) is 40.0 Å². The maximum Gasteiger partial charge on any atom is 0.307 e. The van der Waals surface area contributed by atoms with E-state index in [1.54, 1.807) is 0 Å². The molecule has 1 rings (SSSR count). The van der Waals surface area contributed by atoms with Crippen LogP contribution in [0.5, 0.6) is 0 Å². The zero-order valence-corrected chi connectivity index (χ0v) is 5.46. The summed E-state index contributed by atoms with van der Waals surface area (Å²) in [5.74, 6) is -0.875. The van der Waals surface area contributed by atoms with Crippen molar-refractivity contribution in [1.82, 2.24) is 0 Å². The molecule has 1 aliphatic heterocycles. The number of ether oxygens (including phenoxy) is 3. The zero-order valence-electron chi connectivity index (χ0n) is 5.46. The van der Waals surface area contributed by atoms with Gasteiger partial charge in [-0.1, -0.05) is 0 Å². The van der Waals surface area contributed by atoms with Gasteiger partial charge < -0.3 is 14.2 Å². The SMILES string of the molecule is COC1(OC)COC=N1. The average molecular weight is 131 g/mol. The molecule has 1 aliphatic rings. The molecule has 0 saturated heterocycles. The van der Waals surface area contributed by atoms with E-state index < -0.39 is 5.91 Å². The molecule has 0 bridgehead atoms. The van der Waals surface area contributed by atoms with E-state index in [1.165, 1.54) is 20.6 Å². The van der Waals surface area contributed by atoms with Gasteiger partial charge in [-0.15, -0.1) is 0 Å². The van der Waals surface area contributed by atoms with Crippen LogP contribution in [-0.2, 0) is 14.2 Å². The first-order chi connectivity index (χ1) is 4.33. The molecule has 0 fully saturated rings. The molecule has 9 heavy (non-hydrogen) atoms. The Morgan fingerprint density at radius 1 is 1.56 bits per heavy atom. The lowest BCUT2D eigenvalue weighted by molar-refractivity contribution is -0.205. The summed E-state index contributed by atoms with van der Waals surface area (Å²) in [6.07, 6.45) is 1.33. The van der Waals surface area contributed by atoms with Gasteiger partial charge in [0.2, 0.25) is 0 Å². The molecule has 0 atom stereocenters. The van der Waals surface area contributed by atoms with Gasteiger partial charge in [-0.2, -0.15) is 4.99 Å². The number of rotatable bonds is 2. The van der Waals surface area contributed by atoms with Crippen LogP contribution in [0.4, 0.5) is 0 Å². The first-order valence-corrected chi connectivity index (χ1v) is 2.58. The summed E-state index contributed by atoms with van der Waals surface area (Å²) in [5.41, 5.74) is 0. The third-order valence-corrected chi connectivity index (χ3v) is 1.23. The predicted octanol–water partition coefficient (Wildman–Crippen LogP) is -0.00850. The Kier molecular flexibility index (Phi) is 1.68. The van der Waals surface area contributed by atoms with Crippen LogP contribution in [0.2, 0.25) is 0 Å². The van der Waals surface area contributed by atoms with Gasteiger partial charge in [0, 0.05) is 14.2 Å². The quantitative estimate of drug-likeness (QED) is 0.495. The van der Waals surface area contributed by atoms with Gasteiger partial charge in [0.1, 0.15) is 0 Å². The minimum absolute atomic E-state index is 0.333. The highest BCUT2D eigenvalue weighted by molar-refractivity contribution is 5.49. The fraction of sp³-hybridized carbons (Fsp3) is 0.800. The Morgan fingerprint density at radius 3 is 2.44 bits per heavy atom. The summed E-state index contributed by atoms with van der Waals surface area (Å²) in [5, 5.41) is 0. The number of methoxy groups -OCH3 is 2. The van der Waals surface area contributed by atoms with E-state index in [9.17, 15) is 0 Å². The van der Waals surface area contributed by atoms with Crippen LogP contribution in [0.3, 0.4) is 0 Å². The molecule has 0 N–H and O–H groups in total. The summed E-state index contributed by atoms with van der Waals surface area (Å²) >= 11 is 0. The normalized spacial score (nSPS) is 22.0. The monoisotopic (exact) mass is 131 g/mol. The van der Waals surface area contributed by atoms with Crippen molar-refractivity contribution in [2.45, 2.75) is 5.91 Å². The number of hydrogen-bond donors (Lipinski definition) is 0. The summed E-state index contributed by atoms with van der Waals surface area (Å²) in [6, 6.07) is 0. The number of nitrogens with zero attached hydrogens (tertiary/aromatic N) is 1. The Balaban J connectivity index is 2.57. The molecule has 0 aliphatic carbocycles. The summed E-state index contributed by atoms with van der Waals surface area (Å²) in [6.45, 7) is 0.333. The lowest BCUT2D eigenvalue weighted by Gasteiger charge is -2.18. The van der Waals surface area contributed by atoms with Gasteiger partial charge >= 0.3 is 5.91 Å². The lowest BCUT2D eigenvalue weighted by atomic mass is 10.5. The highest BCUT2D eigenvalue weighted by atomic mass is 16.7. The van der Waals surface area contributed by atoms with Crippen LogP contribution in [0, 0.1) is 0 Å². The largest absolute Gasteiger partial charge is 0.475 e. The maximum absolute atomic E-state index is 4.90. The molecule has 0 aromatic carbocycles. The van der Waals surface area contributed by atoms with E-state index >= 15 is 0 Å². The van der Waals surface area contributed by atoms with Crippen molar-refractivity contribution in [3.63, 3.8) is 0 Å². The fourth-order valence-corrected chi connectivity index (χ4v) is 0.604. The standard InChI is InChI=1S/C5H9NO3/c1-7-5(8-2)3-9-4-6-5/h4H,3H2,1-2H3. The van der Waals surface area contributed by atoms with Crippen molar-refractivity contribution in [3.05, 3.63) is 0 Å². The van der Waals surface area contributed by atoms with Crippen molar-refractivity contribution in [2.75, 3.05) is 20.8 Å². The second-order valence-electron chi connectivity index (χ2n) is 1.67. The number of hydrogen-bond acceptors (Lipinski definition) is 4. The van der Waals surface area contributed by atoms with Gasteiger partial charge in [-0.3, -0.25) is 0 Å². The summed E-state index contributed by atoms with van der Waals surface area (Å²) in [7, 11) is 3.05. The molecule has 0 aromatic rings. The van der Waals surface area contributed by atoms with Gasteiger partial charge in [0.15, 0.2) is 13.0 Å². The van der Waals surface area contributed by atoms with Gasteiger partial charge in [0.25, 0.3) is 0 Å². The molecule has 0 radical (unpaired) electrons.